The van der Waals surface area contributed by atoms with E-state index in [1.165, 1.54) is 17.7 Å². The van der Waals surface area contributed by atoms with Crippen LogP contribution in [0.3, 0.4) is 0 Å². The average molecular weight is 552 g/mol. The molecule has 5 rings (SSSR count). The minimum absolute atomic E-state index is 0.0175. The number of allylic oxidation sites excluding steroid dienone is 1. The number of benzene rings is 1. The number of fused-ring (bicyclic) bond motifs is 1. The summed E-state index contributed by atoms with van der Waals surface area (Å²) in [5, 5.41) is 2.69. The lowest BCUT2D eigenvalue weighted by Crippen LogP contribution is -2.43. The monoisotopic (exact) mass is 551 g/mol. The lowest BCUT2D eigenvalue weighted by Gasteiger charge is -2.31. The van der Waals surface area contributed by atoms with Crippen LogP contribution in [0.4, 0.5) is 11.6 Å². The Balaban J connectivity index is 1.54. The summed E-state index contributed by atoms with van der Waals surface area (Å²) in [7, 11) is 1.52. The minimum atomic E-state index is -0.791. The number of imidazole rings is 1. The molecule has 2 aliphatic rings. The summed E-state index contributed by atoms with van der Waals surface area (Å²) in [4.78, 5) is 59.9. The topological polar surface area (TPSA) is 156 Å². The van der Waals surface area contributed by atoms with Gasteiger partial charge in [0.25, 0.3) is 11.5 Å². The van der Waals surface area contributed by atoms with Crippen LogP contribution in [-0.4, -0.2) is 69.0 Å². The quantitative estimate of drug-likeness (QED) is 0.388. The number of nitrogens with one attached hydrogen (secondary N) is 1. The number of para-hydroxylation sites is 1. The molecule has 0 saturated carbocycles. The Morgan fingerprint density at radius 1 is 1.25 bits per heavy atom. The Morgan fingerprint density at radius 2 is 2.05 bits per heavy atom. The number of anilines is 2. The molecule has 40 heavy (non-hydrogen) atoms. The molecule has 2 unspecified atom stereocenters. The van der Waals surface area contributed by atoms with Crippen molar-refractivity contribution in [2.45, 2.75) is 44.9 Å². The zero-order valence-electron chi connectivity index (χ0n) is 22.5. The Morgan fingerprint density at radius 3 is 2.77 bits per heavy atom. The van der Waals surface area contributed by atoms with Gasteiger partial charge in [-0.25, -0.2) is 4.79 Å². The Labute approximate surface area is 229 Å². The number of ether oxygens (including phenoxy) is 2. The molecule has 13 heteroatoms. The molecule has 0 aliphatic carbocycles. The van der Waals surface area contributed by atoms with Crippen molar-refractivity contribution < 1.29 is 19.1 Å². The lowest BCUT2D eigenvalue weighted by atomic mass is 10.1. The van der Waals surface area contributed by atoms with Gasteiger partial charge in [-0.1, -0.05) is 25.1 Å². The van der Waals surface area contributed by atoms with Crippen LogP contribution in [0.5, 0.6) is 0 Å². The van der Waals surface area contributed by atoms with E-state index in [1.54, 1.807) is 29.0 Å². The molecular formula is C27H33N7O6. The van der Waals surface area contributed by atoms with Gasteiger partial charge in [0.1, 0.15) is 6.79 Å². The van der Waals surface area contributed by atoms with Gasteiger partial charge >= 0.3 is 5.69 Å². The van der Waals surface area contributed by atoms with E-state index in [-0.39, 0.29) is 41.9 Å². The van der Waals surface area contributed by atoms with Crippen molar-refractivity contribution in [2.24, 2.45) is 12.8 Å². The smallest absolute Gasteiger partial charge is 0.332 e. The highest BCUT2D eigenvalue weighted by Crippen LogP contribution is 2.24. The van der Waals surface area contributed by atoms with Crippen LogP contribution in [0, 0.1) is 0 Å². The molecule has 212 valence electrons. The first-order valence-electron chi connectivity index (χ1n) is 13.3. The molecule has 13 nitrogen and oxygen atoms in total. The summed E-state index contributed by atoms with van der Waals surface area (Å²) in [6, 6.07) is 6.39. The summed E-state index contributed by atoms with van der Waals surface area (Å²) in [6.07, 6.45) is 5.38. The number of piperidine rings is 1. The third-order valence-electron chi connectivity index (χ3n) is 7.09. The number of hydrogen-bond acceptors (Lipinski definition) is 9. The van der Waals surface area contributed by atoms with E-state index in [0.29, 0.717) is 12.5 Å². The fourth-order valence-corrected chi connectivity index (χ4v) is 5.00. The first-order chi connectivity index (χ1) is 19.3. The van der Waals surface area contributed by atoms with E-state index < -0.39 is 35.6 Å². The van der Waals surface area contributed by atoms with E-state index in [0.717, 1.165) is 30.4 Å². The molecule has 3 N–H and O–H groups in total. The summed E-state index contributed by atoms with van der Waals surface area (Å²) in [5.41, 5.74) is 5.72. The number of aryl methyl sites for hydroxylation is 1. The Hall–Kier alpha value is -4.07. The summed E-state index contributed by atoms with van der Waals surface area (Å²) < 4.78 is 14.2. The SMILES string of the molecule is CCC=Cn1c(N2CCCC(N)C2)nc2c1c(=O)n(CC(=O)c1ccccc1NC(=O)C1COCO1)c(=O)n2C. The first kappa shape index (κ1) is 27.5. The van der Waals surface area contributed by atoms with E-state index in [9.17, 15) is 19.2 Å². The molecule has 1 amide bonds. The predicted molar refractivity (Wildman–Crippen MR) is 149 cm³/mol. The van der Waals surface area contributed by atoms with Gasteiger partial charge in [-0.05, 0) is 31.4 Å². The maximum Gasteiger partial charge on any atom is 0.332 e. The molecule has 2 saturated heterocycles. The highest BCUT2D eigenvalue weighted by atomic mass is 16.7. The fraction of sp³-hybridized carbons (Fsp3) is 0.444. The van der Waals surface area contributed by atoms with E-state index >= 15 is 0 Å². The van der Waals surface area contributed by atoms with Gasteiger partial charge in [0.2, 0.25) is 5.95 Å². The molecule has 2 fully saturated rings. The summed E-state index contributed by atoms with van der Waals surface area (Å²) in [5.74, 6) is -0.448. The van der Waals surface area contributed by atoms with Gasteiger partial charge in [-0.2, -0.15) is 4.98 Å². The largest absolute Gasteiger partial charge is 0.352 e. The fourth-order valence-electron chi connectivity index (χ4n) is 5.00. The number of rotatable bonds is 8. The number of nitrogens with zero attached hydrogens (tertiary/aromatic N) is 5. The van der Waals surface area contributed by atoms with Crippen molar-refractivity contribution in [3.8, 4) is 0 Å². The van der Waals surface area contributed by atoms with Gasteiger partial charge in [-0.15, -0.1) is 0 Å². The van der Waals surface area contributed by atoms with Crippen molar-refractivity contribution in [3.63, 3.8) is 0 Å². The molecule has 3 aromatic rings. The molecule has 2 aromatic heterocycles. The van der Waals surface area contributed by atoms with Gasteiger partial charge in [0.15, 0.2) is 23.1 Å². The van der Waals surface area contributed by atoms with Crippen molar-refractivity contribution in [3.05, 3.63) is 56.7 Å². The van der Waals surface area contributed by atoms with Crippen LogP contribution in [0.15, 0.2) is 39.9 Å². The molecule has 4 heterocycles. The molecular weight excluding hydrogens is 518 g/mol. The Kier molecular flexibility index (Phi) is 7.96. The van der Waals surface area contributed by atoms with Crippen LogP contribution in [0.2, 0.25) is 0 Å². The van der Waals surface area contributed by atoms with Crippen LogP contribution in [-0.2, 0) is 27.9 Å². The number of carbonyl (C=O) groups is 2. The van der Waals surface area contributed by atoms with E-state index in [1.807, 2.05) is 17.9 Å². The second-order valence-electron chi connectivity index (χ2n) is 9.93. The molecule has 2 aliphatic heterocycles. The van der Waals surface area contributed by atoms with Gasteiger partial charge in [0, 0.05) is 37.9 Å². The van der Waals surface area contributed by atoms with E-state index in [4.69, 9.17) is 15.2 Å². The third-order valence-corrected chi connectivity index (χ3v) is 7.09. The van der Waals surface area contributed by atoms with Crippen molar-refractivity contribution >= 4 is 40.7 Å². The van der Waals surface area contributed by atoms with Gasteiger partial charge in [-0.3, -0.25) is 28.1 Å². The zero-order valence-corrected chi connectivity index (χ0v) is 22.5. The summed E-state index contributed by atoms with van der Waals surface area (Å²) >= 11 is 0. The van der Waals surface area contributed by atoms with Crippen LogP contribution in [0.1, 0.15) is 36.5 Å². The number of nitrogens with two attached hydrogens (primary N) is 1. The van der Waals surface area contributed by atoms with Gasteiger partial charge in [0.05, 0.1) is 18.8 Å². The third kappa shape index (κ3) is 5.22. The van der Waals surface area contributed by atoms with Crippen molar-refractivity contribution in [1.82, 2.24) is 18.7 Å². The second-order valence-corrected chi connectivity index (χ2v) is 9.93. The number of hydrogen-bond donors (Lipinski definition) is 2. The maximum atomic E-state index is 13.8. The van der Waals surface area contributed by atoms with Crippen LogP contribution < -0.4 is 27.2 Å². The van der Waals surface area contributed by atoms with Crippen LogP contribution >= 0.6 is 0 Å². The zero-order chi connectivity index (χ0) is 28.4. The minimum Gasteiger partial charge on any atom is -0.352 e. The maximum absolute atomic E-state index is 13.8. The number of carbonyl (C=O) groups excluding carboxylic acids is 2. The molecule has 0 spiro atoms. The number of ketones is 1. The normalized spacial score (nSPS) is 19.5. The number of aromatic nitrogens is 4. The first-order valence-corrected chi connectivity index (χ1v) is 13.3. The molecule has 0 radical (unpaired) electrons. The standard InChI is InChI=1S/C27H33N7O6/c1-3-4-12-33-22-23(30-26(33)32-11-7-8-17(28)13-32)31(2)27(38)34(25(22)37)14-20(35)18-9-5-6-10-19(18)29-24(36)21-15-39-16-40-21/h4-6,9-10,12,17,21H,3,7-8,11,13-16,28H2,1-2H3,(H,29,36). The Bertz CT molecular complexity index is 1580. The number of amides is 1. The van der Waals surface area contributed by atoms with E-state index in [2.05, 4.69) is 10.3 Å². The van der Waals surface area contributed by atoms with Crippen molar-refractivity contribution in [1.29, 1.82) is 0 Å². The second kappa shape index (κ2) is 11.6. The lowest BCUT2D eigenvalue weighted by molar-refractivity contribution is -0.124. The predicted octanol–water partition coefficient (Wildman–Crippen LogP) is 0.899. The molecule has 1 aromatic carbocycles. The van der Waals surface area contributed by atoms with Crippen LogP contribution in [0.25, 0.3) is 17.4 Å². The number of Topliss-reactive ketones (excluding diaryl/α,β-unsaturated/α-hetero) is 1. The molecule has 0 bridgehead atoms. The highest BCUT2D eigenvalue weighted by molar-refractivity contribution is 6.05. The molecule has 2 atom stereocenters. The summed E-state index contributed by atoms with van der Waals surface area (Å²) in [6.45, 7) is 2.87. The average Bonchev–Trinajstić information content (AvgIpc) is 3.62. The van der Waals surface area contributed by atoms with Gasteiger partial charge < -0.3 is 25.4 Å². The van der Waals surface area contributed by atoms with Crippen molar-refractivity contribution in [2.75, 3.05) is 36.7 Å². The highest BCUT2D eigenvalue weighted by Gasteiger charge is 2.28.